The Morgan fingerprint density at radius 3 is 2.83 bits per heavy atom. The van der Waals surface area contributed by atoms with Crippen molar-refractivity contribution in [3.63, 3.8) is 0 Å². The Kier molecular flexibility index (Phi) is 1.57. The van der Waals surface area contributed by atoms with E-state index in [1.54, 1.807) is 12.2 Å². The van der Waals surface area contributed by atoms with E-state index < -0.39 is 0 Å². The van der Waals surface area contributed by atoms with Crippen LogP contribution < -0.4 is 0 Å². The molecule has 0 aromatic heterocycles. The summed E-state index contributed by atoms with van der Waals surface area (Å²) in [5.74, 6) is 0.535. The van der Waals surface area contributed by atoms with Gasteiger partial charge in [-0.05, 0) is 11.6 Å². The summed E-state index contributed by atoms with van der Waals surface area (Å²) in [4.78, 5) is 21.8. The van der Waals surface area contributed by atoms with Gasteiger partial charge >= 0.3 is 5.97 Å². The zero-order valence-electron chi connectivity index (χ0n) is 6.50. The second-order valence-corrected chi connectivity index (χ2v) is 2.90. The highest BCUT2D eigenvalue weighted by molar-refractivity contribution is 5.87. The third-order valence-corrected chi connectivity index (χ3v) is 1.96. The molecule has 0 fully saturated rings. The van der Waals surface area contributed by atoms with Crippen molar-refractivity contribution >= 4 is 11.8 Å². The molecule has 0 aromatic rings. The fourth-order valence-electron chi connectivity index (χ4n) is 1.36. The predicted molar refractivity (Wildman–Crippen MR) is 41.1 cm³/mol. The van der Waals surface area contributed by atoms with Crippen LogP contribution in [0.25, 0.3) is 0 Å². The van der Waals surface area contributed by atoms with Gasteiger partial charge in [0.2, 0.25) is 0 Å². The Morgan fingerprint density at radius 2 is 2.00 bits per heavy atom. The number of rotatable bonds is 0. The molecule has 1 aliphatic heterocycles. The van der Waals surface area contributed by atoms with Crippen molar-refractivity contribution in [1.82, 2.24) is 0 Å². The van der Waals surface area contributed by atoms with Crippen molar-refractivity contribution in [2.45, 2.75) is 19.3 Å². The fraction of sp³-hybridized carbons (Fsp3) is 0.333. The molecule has 0 aromatic carbocycles. The molecule has 0 saturated carbocycles. The van der Waals surface area contributed by atoms with E-state index in [0.29, 0.717) is 25.0 Å². The molecule has 0 bridgehead atoms. The molecule has 2 aliphatic rings. The molecule has 0 spiro atoms. The predicted octanol–water partition coefficient (Wildman–Crippen LogP) is 1.11. The molecule has 3 heteroatoms. The number of hydrogen-bond acceptors (Lipinski definition) is 3. The Bertz CT molecular complexity index is 278. The van der Waals surface area contributed by atoms with Gasteiger partial charge in [-0.15, -0.1) is 0 Å². The van der Waals surface area contributed by atoms with Gasteiger partial charge < -0.3 is 4.74 Å². The van der Waals surface area contributed by atoms with E-state index in [9.17, 15) is 9.59 Å². The third kappa shape index (κ3) is 1.18. The minimum Gasteiger partial charge on any atom is -0.426 e. The molecule has 0 radical (unpaired) electrons. The Labute approximate surface area is 69.7 Å². The molecular weight excluding hydrogens is 156 g/mol. The van der Waals surface area contributed by atoms with E-state index in [1.807, 2.05) is 0 Å². The number of carbonyl (C=O) groups is 2. The topological polar surface area (TPSA) is 43.4 Å². The summed E-state index contributed by atoms with van der Waals surface area (Å²) >= 11 is 0. The largest absolute Gasteiger partial charge is 0.426 e. The summed E-state index contributed by atoms with van der Waals surface area (Å²) in [5, 5.41) is 0. The Hall–Kier alpha value is -1.38. The average Bonchev–Trinajstić information content (AvgIpc) is 2.05. The van der Waals surface area contributed by atoms with Crippen LogP contribution in [0.15, 0.2) is 23.5 Å². The fourth-order valence-corrected chi connectivity index (χ4v) is 1.36. The van der Waals surface area contributed by atoms with Crippen LogP contribution in [0.1, 0.15) is 19.3 Å². The molecule has 1 heterocycles. The molecule has 0 unspecified atom stereocenters. The second kappa shape index (κ2) is 2.59. The van der Waals surface area contributed by atoms with Gasteiger partial charge in [0.05, 0.1) is 6.42 Å². The molecule has 0 N–H and O–H groups in total. The number of hydrogen-bond donors (Lipinski definition) is 0. The molecule has 0 saturated heterocycles. The van der Waals surface area contributed by atoms with Gasteiger partial charge in [-0.3, -0.25) is 9.59 Å². The minimum absolute atomic E-state index is 0.183. The monoisotopic (exact) mass is 164 g/mol. The summed E-state index contributed by atoms with van der Waals surface area (Å²) in [6.07, 6.45) is 4.54. The normalized spacial score (nSPS) is 22.3. The van der Waals surface area contributed by atoms with Crippen molar-refractivity contribution in [3.05, 3.63) is 23.5 Å². The molecule has 0 amide bonds. The van der Waals surface area contributed by atoms with Crippen LogP contribution in [0.2, 0.25) is 0 Å². The van der Waals surface area contributed by atoms with Crippen molar-refractivity contribution in [3.8, 4) is 0 Å². The van der Waals surface area contributed by atoms with Crippen molar-refractivity contribution in [2.24, 2.45) is 0 Å². The minimum atomic E-state index is -0.237. The van der Waals surface area contributed by atoms with Crippen LogP contribution >= 0.6 is 0 Å². The van der Waals surface area contributed by atoms with Crippen LogP contribution in [0.4, 0.5) is 0 Å². The highest BCUT2D eigenvalue weighted by Gasteiger charge is 2.22. The smallest absolute Gasteiger partial charge is 0.315 e. The van der Waals surface area contributed by atoms with E-state index in [2.05, 4.69) is 0 Å². The number of allylic oxidation sites excluding steroid dienone is 2. The van der Waals surface area contributed by atoms with Gasteiger partial charge in [-0.2, -0.15) is 0 Å². The first-order valence-corrected chi connectivity index (χ1v) is 3.87. The standard InChI is InChI=1S/C9H8O3/c10-7-2-3-8-6(5-7)1-4-9(11)12-8/h1,3H,2,4-5H2. The summed E-state index contributed by atoms with van der Waals surface area (Å²) in [6.45, 7) is 0. The summed E-state index contributed by atoms with van der Waals surface area (Å²) in [5.41, 5.74) is 0.867. The van der Waals surface area contributed by atoms with E-state index >= 15 is 0 Å². The number of ketones is 1. The van der Waals surface area contributed by atoms with Crippen LogP contribution in [0.5, 0.6) is 0 Å². The first kappa shape index (κ1) is 7.28. The van der Waals surface area contributed by atoms with Gasteiger partial charge in [0.1, 0.15) is 11.5 Å². The maximum Gasteiger partial charge on any atom is 0.315 e. The lowest BCUT2D eigenvalue weighted by atomic mass is 9.96. The van der Waals surface area contributed by atoms with E-state index in [4.69, 9.17) is 4.74 Å². The number of esters is 1. The molecule has 3 nitrogen and oxygen atoms in total. The Balaban J connectivity index is 2.31. The Morgan fingerprint density at radius 1 is 1.17 bits per heavy atom. The van der Waals surface area contributed by atoms with Crippen molar-refractivity contribution < 1.29 is 14.3 Å². The van der Waals surface area contributed by atoms with Gasteiger partial charge in [0, 0.05) is 12.8 Å². The van der Waals surface area contributed by atoms with Gasteiger partial charge in [-0.25, -0.2) is 0 Å². The zero-order valence-corrected chi connectivity index (χ0v) is 6.50. The number of ether oxygens (including phenoxy) is 1. The van der Waals surface area contributed by atoms with Crippen LogP contribution in [-0.4, -0.2) is 11.8 Å². The van der Waals surface area contributed by atoms with Crippen LogP contribution in [0, 0.1) is 0 Å². The lowest BCUT2D eigenvalue weighted by molar-refractivity contribution is -0.139. The first-order valence-electron chi connectivity index (χ1n) is 3.87. The number of fused-ring (bicyclic) bond motifs is 1. The summed E-state index contributed by atoms with van der Waals surface area (Å²) in [7, 11) is 0. The second-order valence-electron chi connectivity index (χ2n) is 2.90. The van der Waals surface area contributed by atoms with Gasteiger partial charge in [0.15, 0.2) is 0 Å². The van der Waals surface area contributed by atoms with Crippen LogP contribution in [-0.2, 0) is 14.3 Å². The van der Waals surface area contributed by atoms with Crippen molar-refractivity contribution in [2.75, 3.05) is 0 Å². The quantitative estimate of drug-likeness (QED) is 0.503. The SMILES string of the molecule is O=C1CC=C2OC(=O)CC=C2C1. The third-order valence-electron chi connectivity index (χ3n) is 1.96. The molecule has 1 aliphatic carbocycles. The van der Waals surface area contributed by atoms with E-state index in [0.717, 1.165) is 5.57 Å². The maximum absolute atomic E-state index is 11.0. The summed E-state index contributed by atoms with van der Waals surface area (Å²) < 4.78 is 4.94. The molecule has 2 rings (SSSR count). The van der Waals surface area contributed by atoms with Gasteiger partial charge in [-0.1, -0.05) is 6.08 Å². The average molecular weight is 164 g/mol. The highest BCUT2D eigenvalue weighted by atomic mass is 16.5. The molecule has 0 atom stereocenters. The maximum atomic E-state index is 11.0. The lowest BCUT2D eigenvalue weighted by Crippen LogP contribution is -2.16. The van der Waals surface area contributed by atoms with Gasteiger partial charge in [0.25, 0.3) is 0 Å². The molecule has 62 valence electrons. The molecule has 12 heavy (non-hydrogen) atoms. The zero-order chi connectivity index (χ0) is 8.55. The first-order chi connectivity index (χ1) is 5.75. The summed E-state index contributed by atoms with van der Waals surface area (Å²) in [6, 6.07) is 0. The molecular formula is C9H8O3. The van der Waals surface area contributed by atoms with Crippen LogP contribution in [0.3, 0.4) is 0 Å². The van der Waals surface area contributed by atoms with E-state index in [1.165, 1.54) is 0 Å². The number of carbonyl (C=O) groups excluding carboxylic acids is 2. The lowest BCUT2D eigenvalue weighted by Gasteiger charge is -2.19. The van der Waals surface area contributed by atoms with Crippen molar-refractivity contribution in [1.29, 1.82) is 0 Å². The highest BCUT2D eigenvalue weighted by Crippen LogP contribution is 2.26. The number of Topliss-reactive ketones (excluding diaryl/α,β-unsaturated/α-hetero) is 1. The van der Waals surface area contributed by atoms with E-state index in [-0.39, 0.29) is 11.8 Å².